The number of nitrogens with one attached hydrogen (secondary N) is 1. The first kappa shape index (κ1) is 13.8. The maximum absolute atomic E-state index is 12.0. The van der Waals surface area contributed by atoms with E-state index in [0.717, 1.165) is 4.88 Å². The van der Waals surface area contributed by atoms with Crippen molar-refractivity contribution in [1.82, 2.24) is 4.72 Å². The topological polar surface area (TPSA) is 46.2 Å². The number of sulfonamides is 1. The Hall–Kier alpha value is -0.590. The average Bonchev–Trinajstić information content (AvgIpc) is 2.78. The molecule has 2 rings (SSSR count). The third-order valence-corrected chi connectivity index (χ3v) is 5.20. The predicted molar refractivity (Wildman–Crippen MR) is 74.8 cm³/mol. The molecular weight excluding hydrogens is 313 g/mol. The molecule has 0 amide bonds. The molecule has 0 aliphatic carbocycles. The number of benzene rings is 1. The highest BCUT2D eigenvalue weighted by Crippen LogP contribution is 2.25. The monoisotopic (exact) mass is 321 g/mol. The van der Waals surface area contributed by atoms with Crippen molar-refractivity contribution in [2.45, 2.75) is 11.4 Å². The van der Waals surface area contributed by atoms with Crippen LogP contribution in [0.15, 0.2) is 40.6 Å². The predicted octanol–water partition coefficient (Wildman–Crippen LogP) is 3.53. The lowest BCUT2D eigenvalue weighted by atomic mass is 10.4. The Morgan fingerprint density at radius 1 is 1.22 bits per heavy atom. The van der Waals surface area contributed by atoms with Gasteiger partial charge in [0.25, 0.3) is 0 Å². The molecule has 1 N–H and O–H groups in total. The van der Waals surface area contributed by atoms with Gasteiger partial charge in [-0.3, -0.25) is 0 Å². The molecule has 1 heterocycles. The molecule has 0 aliphatic rings. The van der Waals surface area contributed by atoms with E-state index >= 15 is 0 Å². The number of thiophene rings is 1. The van der Waals surface area contributed by atoms with Crippen molar-refractivity contribution in [3.63, 3.8) is 0 Å². The summed E-state index contributed by atoms with van der Waals surface area (Å²) in [6.07, 6.45) is 0. The molecule has 0 saturated heterocycles. The van der Waals surface area contributed by atoms with E-state index in [-0.39, 0.29) is 16.5 Å². The van der Waals surface area contributed by atoms with Gasteiger partial charge in [-0.05, 0) is 29.6 Å². The molecule has 7 heteroatoms. The van der Waals surface area contributed by atoms with E-state index in [9.17, 15) is 8.42 Å². The van der Waals surface area contributed by atoms with Crippen LogP contribution in [-0.2, 0) is 16.6 Å². The van der Waals surface area contributed by atoms with Crippen molar-refractivity contribution in [3.05, 3.63) is 50.6 Å². The van der Waals surface area contributed by atoms with Gasteiger partial charge in [-0.1, -0.05) is 29.3 Å². The van der Waals surface area contributed by atoms with Gasteiger partial charge in [0.15, 0.2) is 0 Å². The van der Waals surface area contributed by atoms with Crippen LogP contribution in [0.4, 0.5) is 0 Å². The average molecular weight is 322 g/mol. The van der Waals surface area contributed by atoms with Gasteiger partial charge in [0.2, 0.25) is 10.0 Å². The van der Waals surface area contributed by atoms with Crippen LogP contribution in [0.2, 0.25) is 10.0 Å². The molecule has 96 valence electrons. The van der Waals surface area contributed by atoms with Gasteiger partial charge >= 0.3 is 0 Å². The van der Waals surface area contributed by atoms with Crippen molar-refractivity contribution in [2.24, 2.45) is 0 Å². The summed E-state index contributed by atoms with van der Waals surface area (Å²) in [6, 6.07) is 8.01. The highest BCUT2D eigenvalue weighted by Gasteiger charge is 2.17. The first-order valence-corrected chi connectivity index (χ1v) is 8.08. The van der Waals surface area contributed by atoms with Crippen molar-refractivity contribution in [1.29, 1.82) is 0 Å². The molecule has 1 aromatic heterocycles. The molecule has 0 atom stereocenters. The molecular formula is C11H9Cl2NO2S2. The summed E-state index contributed by atoms with van der Waals surface area (Å²) in [6.45, 7) is 0.249. The van der Waals surface area contributed by atoms with Gasteiger partial charge in [0.1, 0.15) is 4.90 Å². The molecule has 3 nitrogen and oxygen atoms in total. The minimum Gasteiger partial charge on any atom is -0.207 e. The van der Waals surface area contributed by atoms with Gasteiger partial charge in [0.05, 0.1) is 5.02 Å². The largest absolute Gasteiger partial charge is 0.242 e. The van der Waals surface area contributed by atoms with Gasteiger partial charge in [-0.15, -0.1) is 11.3 Å². The third-order valence-electron chi connectivity index (χ3n) is 2.20. The van der Waals surface area contributed by atoms with Crippen LogP contribution >= 0.6 is 34.5 Å². The van der Waals surface area contributed by atoms with Crippen LogP contribution in [0.1, 0.15) is 4.88 Å². The lowest BCUT2D eigenvalue weighted by molar-refractivity contribution is 0.582. The van der Waals surface area contributed by atoms with E-state index in [0.29, 0.717) is 5.02 Å². The second-order valence-electron chi connectivity index (χ2n) is 3.48. The summed E-state index contributed by atoms with van der Waals surface area (Å²) >= 11 is 13.1. The minimum atomic E-state index is -3.62. The zero-order valence-corrected chi connectivity index (χ0v) is 12.2. The molecule has 1 aromatic carbocycles. The normalized spacial score (nSPS) is 11.7. The van der Waals surface area contributed by atoms with Gasteiger partial charge in [0, 0.05) is 16.4 Å². The van der Waals surface area contributed by atoms with Gasteiger partial charge in [-0.25, -0.2) is 13.1 Å². The standard InChI is InChI=1S/C11H9Cl2NO2S2/c12-8-3-4-11(10(13)6-8)18(15,16)14-7-9-2-1-5-17-9/h1-6,14H,7H2. The minimum absolute atomic E-state index is 0.0325. The van der Waals surface area contributed by atoms with E-state index in [2.05, 4.69) is 4.72 Å². The first-order valence-electron chi connectivity index (χ1n) is 4.96. The lowest BCUT2D eigenvalue weighted by Crippen LogP contribution is -2.23. The summed E-state index contributed by atoms with van der Waals surface area (Å²) < 4.78 is 26.5. The third kappa shape index (κ3) is 3.24. The van der Waals surface area contributed by atoms with Crippen LogP contribution in [0.25, 0.3) is 0 Å². The van der Waals surface area contributed by atoms with Crippen molar-refractivity contribution >= 4 is 44.6 Å². The quantitative estimate of drug-likeness (QED) is 0.936. The van der Waals surface area contributed by atoms with Crippen LogP contribution in [0, 0.1) is 0 Å². The highest BCUT2D eigenvalue weighted by atomic mass is 35.5. The summed E-state index contributed by atoms with van der Waals surface area (Å²) in [4.78, 5) is 0.966. The molecule has 18 heavy (non-hydrogen) atoms. The van der Waals surface area contributed by atoms with Gasteiger partial charge < -0.3 is 0 Å². The Balaban J connectivity index is 2.20. The number of rotatable bonds is 4. The molecule has 0 spiro atoms. The van der Waals surface area contributed by atoms with E-state index in [1.807, 2.05) is 17.5 Å². The molecule has 0 radical (unpaired) electrons. The van der Waals surface area contributed by atoms with Crippen LogP contribution < -0.4 is 4.72 Å². The van der Waals surface area contributed by atoms with Crippen molar-refractivity contribution in [2.75, 3.05) is 0 Å². The van der Waals surface area contributed by atoms with Crippen LogP contribution in [0.3, 0.4) is 0 Å². The second kappa shape index (κ2) is 5.59. The Bertz CT molecular complexity index is 639. The van der Waals surface area contributed by atoms with Crippen molar-refractivity contribution < 1.29 is 8.42 Å². The smallest absolute Gasteiger partial charge is 0.207 e. The van der Waals surface area contributed by atoms with Crippen LogP contribution in [-0.4, -0.2) is 8.42 Å². The fraction of sp³-hybridized carbons (Fsp3) is 0.0909. The van der Waals surface area contributed by atoms with Crippen LogP contribution in [0.5, 0.6) is 0 Å². The zero-order chi connectivity index (χ0) is 13.2. The SMILES string of the molecule is O=S(=O)(NCc1cccs1)c1ccc(Cl)cc1Cl. The highest BCUT2D eigenvalue weighted by molar-refractivity contribution is 7.89. The summed E-state index contributed by atoms with van der Waals surface area (Å²) in [5.41, 5.74) is 0. The zero-order valence-electron chi connectivity index (χ0n) is 9.06. The van der Waals surface area contributed by atoms with E-state index < -0.39 is 10.0 Å². The molecule has 0 fully saturated rings. The summed E-state index contributed by atoms with van der Waals surface area (Å²) in [5.74, 6) is 0. The Kier molecular flexibility index (Phi) is 4.29. The molecule has 0 saturated carbocycles. The maximum atomic E-state index is 12.0. The Morgan fingerprint density at radius 2 is 2.00 bits per heavy atom. The lowest BCUT2D eigenvalue weighted by Gasteiger charge is -2.07. The molecule has 0 unspecified atom stereocenters. The van der Waals surface area contributed by atoms with E-state index in [1.165, 1.54) is 29.5 Å². The fourth-order valence-electron chi connectivity index (χ4n) is 1.35. The number of hydrogen-bond acceptors (Lipinski definition) is 3. The Morgan fingerprint density at radius 3 is 2.61 bits per heavy atom. The van der Waals surface area contributed by atoms with E-state index in [1.54, 1.807) is 0 Å². The molecule has 2 aromatic rings. The summed E-state index contributed by atoms with van der Waals surface area (Å²) in [7, 11) is -3.62. The molecule has 0 bridgehead atoms. The number of hydrogen-bond donors (Lipinski definition) is 1. The number of halogens is 2. The first-order chi connectivity index (χ1) is 8.49. The fourth-order valence-corrected chi connectivity index (χ4v) is 3.86. The second-order valence-corrected chi connectivity index (χ2v) is 7.09. The van der Waals surface area contributed by atoms with Crippen molar-refractivity contribution in [3.8, 4) is 0 Å². The van der Waals surface area contributed by atoms with Gasteiger partial charge in [-0.2, -0.15) is 0 Å². The molecule has 0 aliphatic heterocycles. The summed E-state index contributed by atoms with van der Waals surface area (Å²) in [5, 5.41) is 2.40. The van der Waals surface area contributed by atoms with E-state index in [4.69, 9.17) is 23.2 Å². The Labute approximate surface area is 119 Å². The maximum Gasteiger partial charge on any atom is 0.242 e.